The highest BCUT2D eigenvalue weighted by molar-refractivity contribution is 5.85. The molecular weight excluding hydrogens is 371 g/mol. The molecule has 0 radical (unpaired) electrons. The summed E-state index contributed by atoms with van der Waals surface area (Å²) >= 11 is 0. The SMILES string of the molecule is Cl.O=C([C@@H]1CCNC1)N1C2CCC1CN(c1ncc(C(F)(F)F)cn1)C2. The second-order valence-corrected chi connectivity index (χ2v) is 6.99. The van der Waals surface area contributed by atoms with Gasteiger partial charge in [0.05, 0.1) is 11.5 Å². The lowest BCUT2D eigenvalue weighted by Crippen LogP contribution is -2.57. The second-order valence-electron chi connectivity index (χ2n) is 6.99. The van der Waals surface area contributed by atoms with Gasteiger partial charge in [0.1, 0.15) is 0 Å². The van der Waals surface area contributed by atoms with Crippen molar-refractivity contribution in [2.24, 2.45) is 5.92 Å². The number of amides is 1. The molecule has 6 nitrogen and oxygen atoms in total. The molecule has 10 heteroatoms. The van der Waals surface area contributed by atoms with Gasteiger partial charge in [-0.3, -0.25) is 4.79 Å². The average molecular weight is 392 g/mol. The van der Waals surface area contributed by atoms with Crippen LogP contribution in [0.25, 0.3) is 0 Å². The third-order valence-electron chi connectivity index (χ3n) is 5.39. The Bertz CT molecular complexity index is 636. The minimum absolute atomic E-state index is 0. The molecule has 3 aliphatic heterocycles. The fourth-order valence-electron chi connectivity index (χ4n) is 4.13. The van der Waals surface area contributed by atoms with Gasteiger partial charge in [0.15, 0.2) is 0 Å². The third-order valence-corrected chi connectivity index (χ3v) is 5.39. The summed E-state index contributed by atoms with van der Waals surface area (Å²) in [6, 6.07) is 0.190. The Morgan fingerprint density at radius 3 is 2.23 bits per heavy atom. The summed E-state index contributed by atoms with van der Waals surface area (Å²) in [5.41, 5.74) is -0.846. The van der Waals surface area contributed by atoms with Crippen molar-refractivity contribution in [2.45, 2.75) is 37.5 Å². The van der Waals surface area contributed by atoms with Crippen LogP contribution in [-0.2, 0) is 11.0 Å². The van der Waals surface area contributed by atoms with Gasteiger partial charge in [-0.05, 0) is 25.8 Å². The molecule has 26 heavy (non-hydrogen) atoms. The number of hydrogen-bond donors (Lipinski definition) is 1. The van der Waals surface area contributed by atoms with Crippen molar-refractivity contribution in [3.05, 3.63) is 18.0 Å². The van der Waals surface area contributed by atoms with Crippen LogP contribution in [-0.4, -0.2) is 59.0 Å². The van der Waals surface area contributed by atoms with Crippen LogP contribution in [0.4, 0.5) is 19.1 Å². The fraction of sp³-hybridized carbons (Fsp3) is 0.688. The number of piperazine rings is 1. The maximum absolute atomic E-state index is 12.8. The first-order chi connectivity index (χ1) is 11.9. The van der Waals surface area contributed by atoms with Crippen LogP contribution < -0.4 is 10.2 Å². The minimum atomic E-state index is -4.43. The highest BCUT2D eigenvalue weighted by Crippen LogP contribution is 2.34. The normalized spacial score (nSPS) is 28.2. The van der Waals surface area contributed by atoms with E-state index in [0.29, 0.717) is 19.0 Å². The summed E-state index contributed by atoms with van der Waals surface area (Å²) in [5, 5.41) is 3.22. The van der Waals surface area contributed by atoms with Crippen molar-refractivity contribution in [2.75, 3.05) is 31.1 Å². The van der Waals surface area contributed by atoms with E-state index in [9.17, 15) is 18.0 Å². The van der Waals surface area contributed by atoms with Crippen LogP contribution in [0.3, 0.4) is 0 Å². The van der Waals surface area contributed by atoms with E-state index in [1.165, 1.54) is 0 Å². The van der Waals surface area contributed by atoms with Crippen molar-refractivity contribution >= 4 is 24.3 Å². The van der Waals surface area contributed by atoms with E-state index >= 15 is 0 Å². The maximum atomic E-state index is 12.8. The van der Waals surface area contributed by atoms with Gasteiger partial charge in [0.25, 0.3) is 0 Å². The van der Waals surface area contributed by atoms with Crippen LogP contribution in [0.15, 0.2) is 12.4 Å². The quantitative estimate of drug-likeness (QED) is 0.831. The first-order valence-electron chi connectivity index (χ1n) is 8.60. The summed E-state index contributed by atoms with van der Waals surface area (Å²) in [6.45, 7) is 2.77. The molecule has 0 saturated carbocycles. The van der Waals surface area contributed by atoms with Gasteiger partial charge in [-0.2, -0.15) is 13.2 Å². The molecule has 1 amide bonds. The van der Waals surface area contributed by atoms with Gasteiger partial charge in [-0.25, -0.2) is 9.97 Å². The van der Waals surface area contributed by atoms with Crippen molar-refractivity contribution in [3.8, 4) is 0 Å². The molecule has 1 aromatic heterocycles. The number of halogens is 4. The topological polar surface area (TPSA) is 61.4 Å². The van der Waals surface area contributed by atoms with Gasteiger partial charge in [-0.1, -0.05) is 0 Å². The Morgan fingerprint density at radius 1 is 1.12 bits per heavy atom. The number of aromatic nitrogens is 2. The molecule has 3 atom stereocenters. The molecule has 1 aromatic rings. The van der Waals surface area contributed by atoms with E-state index < -0.39 is 11.7 Å². The molecule has 0 aromatic carbocycles. The zero-order chi connectivity index (χ0) is 17.6. The van der Waals surface area contributed by atoms with Crippen LogP contribution in [0.2, 0.25) is 0 Å². The van der Waals surface area contributed by atoms with E-state index in [1.54, 1.807) is 0 Å². The summed E-state index contributed by atoms with van der Waals surface area (Å²) in [6.07, 6.45) is -0.0577. The van der Waals surface area contributed by atoms with Crippen LogP contribution in [0, 0.1) is 5.92 Å². The van der Waals surface area contributed by atoms with Gasteiger partial charge in [0.2, 0.25) is 11.9 Å². The predicted molar refractivity (Wildman–Crippen MR) is 91.1 cm³/mol. The predicted octanol–water partition coefficient (Wildman–Crippen LogP) is 1.71. The number of nitrogens with zero attached hydrogens (tertiary/aromatic N) is 4. The molecule has 3 fully saturated rings. The number of carbonyl (C=O) groups is 1. The van der Waals surface area contributed by atoms with E-state index in [4.69, 9.17) is 0 Å². The van der Waals surface area contributed by atoms with Crippen LogP contribution >= 0.6 is 12.4 Å². The number of carbonyl (C=O) groups excluding carboxylic acids is 1. The Labute approximate surface area is 155 Å². The number of fused-ring (bicyclic) bond motifs is 2. The standard InChI is InChI=1S/C16H20F3N5O.ClH/c17-16(18,19)11-6-21-15(22-7-11)23-8-12-1-2-13(9-23)24(12)14(25)10-3-4-20-5-10;/h6-7,10,12-13,20H,1-5,8-9H2;1H/t10-,12?,13?;/m1./s1. The molecule has 0 spiro atoms. The Hall–Kier alpha value is -1.61. The van der Waals surface area contributed by atoms with E-state index in [2.05, 4.69) is 15.3 Å². The van der Waals surface area contributed by atoms with Gasteiger partial charge in [-0.15, -0.1) is 12.4 Å². The summed E-state index contributed by atoms with van der Waals surface area (Å²) < 4.78 is 37.9. The molecule has 4 rings (SSSR count). The Morgan fingerprint density at radius 2 is 1.73 bits per heavy atom. The number of nitrogens with one attached hydrogen (secondary N) is 1. The first-order valence-corrected chi connectivity index (χ1v) is 8.60. The first kappa shape index (κ1) is 19.2. The maximum Gasteiger partial charge on any atom is 0.419 e. The van der Waals surface area contributed by atoms with Crippen LogP contribution in [0.5, 0.6) is 0 Å². The van der Waals surface area contributed by atoms with Crippen LogP contribution in [0.1, 0.15) is 24.8 Å². The lowest BCUT2D eigenvalue weighted by Gasteiger charge is -2.42. The molecule has 2 bridgehead atoms. The lowest BCUT2D eigenvalue weighted by atomic mass is 10.0. The Balaban J connectivity index is 0.00000196. The van der Waals surface area contributed by atoms with E-state index in [0.717, 1.165) is 44.7 Å². The average Bonchev–Trinajstić information content (AvgIpc) is 3.20. The number of alkyl halides is 3. The lowest BCUT2D eigenvalue weighted by molar-refractivity contribution is -0.139. The smallest absolute Gasteiger partial charge is 0.337 e. The molecule has 144 valence electrons. The molecule has 3 aliphatic rings. The molecule has 0 aliphatic carbocycles. The zero-order valence-electron chi connectivity index (χ0n) is 14.1. The molecule has 2 unspecified atom stereocenters. The molecule has 4 heterocycles. The summed E-state index contributed by atoms with van der Waals surface area (Å²) in [7, 11) is 0. The highest BCUT2D eigenvalue weighted by Gasteiger charge is 2.45. The third kappa shape index (κ3) is 3.46. The number of rotatable bonds is 2. The van der Waals surface area contributed by atoms with Crippen molar-refractivity contribution in [1.82, 2.24) is 20.2 Å². The summed E-state index contributed by atoms with van der Waals surface area (Å²) in [4.78, 5) is 24.5. The molecular formula is C16H21ClF3N5O. The van der Waals surface area contributed by atoms with Gasteiger partial charge < -0.3 is 15.1 Å². The minimum Gasteiger partial charge on any atom is -0.337 e. The van der Waals surface area contributed by atoms with E-state index in [1.807, 2.05) is 9.80 Å². The largest absolute Gasteiger partial charge is 0.419 e. The second kappa shape index (κ2) is 7.19. The van der Waals surface area contributed by atoms with Crippen molar-refractivity contribution in [3.63, 3.8) is 0 Å². The van der Waals surface area contributed by atoms with Crippen molar-refractivity contribution < 1.29 is 18.0 Å². The van der Waals surface area contributed by atoms with Crippen molar-refractivity contribution in [1.29, 1.82) is 0 Å². The van der Waals surface area contributed by atoms with E-state index in [-0.39, 0.29) is 36.3 Å². The van der Waals surface area contributed by atoms with Gasteiger partial charge in [0, 0.05) is 44.1 Å². The molecule has 3 saturated heterocycles. The molecule has 1 N–H and O–H groups in total. The monoisotopic (exact) mass is 391 g/mol. The fourth-order valence-corrected chi connectivity index (χ4v) is 4.13. The number of anilines is 1. The zero-order valence-corrected chi connectivity index (χ0v) is 14.9. The number of hydrogen-bond acceptors (Lipinski definition) is 5. The Kier molecular flexibility index (Phi) is 5.30. The van der Waals surface area contributed by atoms with Gasteiger partial charge >= 0.3 is 6.18 Å². The summed E-state index contributed by atoms with van der Waals surface area (Å²) in [5.74, 6) is 0.571. The highest BCUT2D eigenvalue weighted by atomic mass is 35.5.